The molecule has 0 saturated carbocycles. The van der Waals surface area contributed by atoms with Gasteiger partial charge in [0.25, 0.3) is 0 Å². The number of phenolic OH excluding ortho intramolecular Hbond substituents is 1. The van der Waals surface area contributed by atoms with Crippen LogP contribution in [-0.2, 0) is 0 Å². The Hall–Kier alpha value is -4.91. The first-order chi connectivity index (χ1) is 20.7. The molecule has 42 heavy (non-hydrogen) atoms. The highest BCUT2D eigenvalue weighted by Gasteiger charge is 2.26. The van der Waals surface area contributed by atoms with Gasteiger partial charge in [0.05, 0.1) is 7.11 Å². The number of phenols is 1. The SMILES string of the molecule is COc1ccccc1-c1cc2ccccc2c(-c2c(P(c3ccccc3)c3ccccc3)ccc3ccccc23)c1O. The van der Waals surface area contributed by atoms with Gasteiger partial charge in [-0.25, -0.2) is 0 Å². The van der Waals surface area contributed by atoms with Gasteiger partial charge in [-0.05, 0) is 57.5 Å². The Kier molecular flexibility index (Phi) is 6.92. The van der Waals surface area contributed by atoms with Crippen molar-refractivity contribution < 1.29 is 9.84 Å². The second kappa shape index (κ2) is 11.2. The number of aromatic hydroxyl groups is 1. The van der Waals surface area contributed by atoms with E-state index < -0.39 is 7.92 Å². The maximum Gasteiger partial charge on any atom is 0.132 e. The number of para-hydroxylation sites is 1. The molecule has 0 saturated heterocycles. The van der Waals surface area contributed by atoms with Gasteiger partial charge in [0.15, 0.2) is 0 Å². The highest BCUT2D eigenvalue weighted by molar-refractivity contribution is 7.80. The molecule has 1 N–H and O–H groups in total. The van der Waals surface area contributed by atoms with Crippen molar-refractivity contribution in [3.63, 3.8) is 0 Å². The molecular formula is C39H29O2P. The molecule has 2 nitrogen and oxygen atoms in total. The molecule has 7 rings (SSSR count). The van der Waals surface area contributed by atoms with Crippen LogP contribution in [0.4, 0.5) is 0 Å². The van der Waals surface area contributed by atoms with Crippen LogP contribution in [0.5, 0.6) is 11.5 Å². The van der Waals surface area contributed by atoms with Gasteiger partial charge in [-0.2, -0.15) is 0 Å². The van der Waals surface area contributed by atoms with Crippen LogP contribution >= 0.6 is 7.92 Å². The fourth-order valence-electron chi connectivity index (χ4n) is 5.95. The summed E-state index contributed by atoms with van der Waals surface area (Å²) >= 11 is 0. The van der Waals surface area contributed by atoms with Gasteiger partial charge in [0, 0.05) is 22.3 Å². The third-order valence-electron chi connectivity index (χ3n) is 7.85. The van der Waals surface area contributed by atoms with Crippen molar-refractivity contribution in [2.45, 2.75) is 0 Å². The zero-order chi connectivity index (χ0) is 28.5. The highest BCUT2D eigenvalue weighted by Crippen LogP contribution is 2.49. The Balaban J connectivity index is 1.64. The van der Waals surface area contributed by atoms with Crippen molar-refractivity contribution >= 4 is 45.4 Å². The molecule has 3 heteroatoms. The Morgan fingerprint density at radius 3 is 1.71 bits per heavy atom. The predicted octanol–water partition coefficient (Wildman–Crippen LogP) is 8.80. The van der Waals surface area contributed by atoms with E-state index in [1.807, 2.05) is 24.3 Å². The average molecular weight is 561 g/mol. The van der Waals surface area contributed by atoms with Crippen molar-refractivity contribution in [1.82, 2.24) is 0 Å². The Morgan fingerprint density at radius 1 is 0.500 bits per heavy atom. The van der Waals surface area contributed by atoms with Gasteiger partial charge in [0.1, 0.15) is 11.5 Å². The Bertz CT molecular complexity index is 1990. The topological polar surface area (TPSA) is 29.5 Å². The third kappa shape index (κ3) is 4.51. The second-order valence-electron chi connectivity index (χ2n) is 10.3. The molecule has 0 heterocycles. The number of benzene rings is 7. The molecule has 0 amide bonds. The normalized spacial score (nSPS) is 11.3. The fraction of sp³-hybridized carbons (Fsp3) is 0.0256. The minimum Gasteiger partial charge on any atom is -0.507 e. The number of fused-ring (bicyclic) bond motifs is 2. The highest BCUT2D eigenvalue weighted by atomic mass is 31.1. The Morgan fingerprint density at radius 2 is 1.05 bits per heavy atom. The second-order valence-corrected chi connectivity index (χ2v) is 12.4. The van der Waals surface area contributed by atoms with Crippen LogP contribution in [0.1, 0.15) is 0 Å². The molecule has 7 aromatic rings. The van der Waals surface area contributed by atoms with Gasteiger partial charge < -0.3 is 9.84 Å². The largest absolute Gasteiger partial charge is 0.507 e. The monoisotopic (exact) mass is 560 g/mol. The van der Waals surface area contributed by atoms with E-state index in [-0.39, 0.29) is 5.75 Å². The quantitative estimate of drug-likeness (QED) is 0.206. The van der Waals surface area contributed by atoms with Gasteiger partial charge in [-0.3, -0.25) is 0 Å². The maximum absolute atomic E-state index is 12.4. The van der Waals surface area contributed by atoms with Crippen LogP contribution in [-0.4, -0.2) is 12.2 Å². The summed E-state index contributed by atoms with van der Waals surface area (Å²) in [5, 5.41) is 20.4. The summed E-state index contributed by atoms with van der Waals surface area (Å²) < 4.78 is 5.75. The summed E-state index contributed by atoms with van der Waals surface area (Å²) in [6.45, 7) is 0. The average Bonchev–Trinajstić information content (AvgIpc) is 3.06. The summed E-state index contributed by atoms with van der Waals surface area (Å²) in [7, 11) is 0.734. The van der Waals surface area contributed by atoms with E-state index in [1.54, 1.807) is 7.11 Å². The first-order valence-electron chi connectivity index (χ1n) is 14.0. The molecule has 0 aliphatic carbocycles. The molecule has 0 fully saturated rings. The summed E-state index contributed by atoms with van der Waals surface area (Å²) in [6, 6.07) is 52.8. The molecule has 0 unspecified atom stereocenters. The fourth-order valence-corrected chi connectivity index (χ4v) is 8.43. The maximum atomic E-state index is 12.4. The summed E-state index contributed by atoms with van der Waals surface area (Å²) in [6.07, 6.45) is 0. The molecule has 0 aromatic heterocycles. The lowest BCUT2D eigenvalue weighted by Gasteiger charge is -2.25. The molecule has 0 spiro atoms. The molecule has 0 radical (unpaired) electrons. The number of methoxy groups -OCH3 is 1. The molecule has 0 bridgehead atoms. The summed E-state index contributed by atoms with van der Waals surface area (Å²) in [5.41, 5.74) is 3.53. The van der Waals surface area contributed by atoms with Crippen LogP contribution < -0.4 is 20.7 Å². The number of hydrogen-bond donors (Lipinski definition) is 1. The molecule has 202 valence electrons. The van der Waals surface area contributed by atoms with Crippen LogP contribution in [0.3, 0.4) is 0 Å². The molecular weight excluding hydrogens is 531 g/mol. The van der Waals surface area contributed by atoms with Crippen LogP contribution in [0, 0.1) is 0 Å². The van der Waals surface area contributed by atoms with E-state index in [0.29, 0.717) is 0 Å². The van der Waals surface area contributed by atoms with Crippen molar-refractivity contribution in [2.75, 3.05) is 7.11 Å². The van der Waals surface area contributed by atoms with Gasteiger partial charge >= 0.3 is 0 Å². The van der Waals surface area contributed by atoms with Crippen LogP contribution in [0.2, 0.25) is 0 Å². The van der Waals surface area contributed by atoms with E-state index in [9.17, 15) is 5.11 Å². The van der Waals surface area contributed by atoms with Crippen molar-refractivity contribution in [2.24, 2.45) is 0 Å². The zero-order valence-electron chi connectivity index (χ0n) is 23.2. The van der Waals surface area contributed by atoms with Gasteiger partial charge in [-0.1, -0.05) is 140 Å². The molecule has 0 atom stereocenters. The molecule has 0 aliphatic heterocycles. The van der Waals surface area contributed by atoms with Gasteiger partial charge in [0.2, 0.25) is 0 Å². The first kappa shape index (κ1) is 26.0. The first-order valence-corrected chi connectivity index (χ1v) is 15.4. The summed E-state index contributed by atoms with van der Waals surface area (Å²) in [5.74, 6) is 0.981. The van der Waals surface area contributed by atoms with Crippen molar-refractivity contribution in [1.29, 1.82) is 0 Å². The molecule has 7 aromatic carbocycles. The zero-order valence-corrected chi connectivity index (χ0v) is 24.1. The van der Waals surface area contributed by atoms with Crippen molar-refractivity contribution in [3.8, 4) is 33.8 Å². The van der Waals surface area contributed by atoms with Crippen molar-refractivity contribution in [3.05, 3.63) is 152 Å². The molecule has 0 aliphatic rings. The lowest BCUT2D eigenvalue weighted by atomic mass is 9.89. The lowest BCUT2D eigenvalue weighted by molar-refractivity contribution is 0.416. The van der Waals surface area contributed by atoms with Gasteiger partial charge in [-0.15, -0.1) is 0 Å². The van der Waals surface area contributed by atoms with Crippen LogP contribution in [0.15, 0.2) is 152 Å². The number of hydrogen-bond acceptors (Lipinski definition) is 2. The minimum atomic E-state index is -0.940. The number of rotatable bonds is 6. The minimum absolute atomic E-state index is 0.256. The predicted molar refractivity (Wildman–Crippen MR) is 179 cm³/mol. The van der Waals surface area contributed by atoms with E-state index >= 15 is 0 Å². The van der Waals surface area contributed by atoms with E-state index in [4.69, 9.17) is 4.74 Å². The van der Waals surface area contributed by atoms with E-state index in [1.165, 1.54) is 15.9 Å². The third-order valence-corrected chi connectivity index (χ3v) is 10.3. The van der Waals surface area contributed by atoms with E-state index in [2.05, 4.69) is 127 Å². The smallest absolute Gasteiger partial charge is 0.132 e. The van der Waals surface area contributed by atoms with E-state index in [0.717, 1.165) is 49.5 Å². The van der Waals surface area contributed by atoms with Crippen LogP contribution in [0.25, 0.3) is 43.8 Å². The Labute approximate surface area is 247 Å². The standard InChI is InChI=1S/C39H29O2P/c1-41-35-23-13-12-22-33(35)34-26-28-15-9-11-21-32(28)38(39(34)40)37-31-20-10-8-14-27(31)24-25-36(37)42(29-16-4-2-5-17-29)30-18-6-3-7-19-30/h2-26,40H,1H3. The summed E-state index contributed by atoms with van der Waals surface area (Å²) in [4.78, 5) is 0. The number of ether oxygens (including phenoxy) is 1. The lowest BCUT2D eigenvalue weighted by Crippen LogP contribution is -2.22.